The molecule has 324 valence electrons. The smallest absolute Gasteiger partial charge is 0.270 e. The summed E-state index contributed by atoms with van der Waals surface area (Å²) in [4.78, 5) is 24.4. The Balaban J connectivity index is 1.85. The maximum Gasteiger partial charge on any atom is 0.270 e. The zero-order valence-corrected chi connectivity index (χ0v) is 35.8. The van der Waals surface area contributed by atoms with Crippen LogP contribution >= 0.6 is 0 Å². The molecule has 0 aliphatic heterocycles. The first-order valence-electron chi connectivity index (χ1n) is 21.9. The van der Waals surface area contributed by atoms with Crippen molar-refractivity contribution in [3.63, 3.8) is 0 Å². The highest BCUT2D eigenvalue weighted by Crippen LogP contribution is 2.43. The van der Waals surface area contributed by atoms with Gasteiger partial charge in [0, 0.05) is 94.5 Å². The summed E-state index contributed by atoms with van der Waals surface area (Å²) < 4.78 is 26.4. The number of fused-ring (bicyclic) bond motifs is 8. The monoisotopic (exact) mass is 826 g/mol. The lowest BCUT2D eigenvalue weighted by molar-refractivity contribution is -0.385. The summed E-state index contributed by atoms with van der Waals surface area (Å²) in [5.41, 5.74) is 4.30. The summed E-state index contributed by atoms with van der Waals surface area (Å²) in [6.07, 6.45) is 11.3. The molecule has 2 N–H and O–H groups in total. The summed E-state index contributed by atoms with van der Waals surface area (Å²) in [5, 5.41) is 47.9. The minimum atomic E-state index is -0.417. The first-order chi connectivity index (χ1) is 29.1. The number of aromatic hydroxyl groups is 2. The number of non-ortho nitro benzene ring substituents is 2. The average molecular weight is 827 g/mol. The van der Waals surface area contributed by atoms with E-state index >= 15 is 0 Å². The molecule has 60 heavy (non-hydrogen) atoms. The predicted octanol–water partition coefficient (Wildman–Crippen LogP) is 11.9. The van der Waals surface area contributed by atoms with Crippen LogP contribution in [0.25, 0.3) is 0 Å². The Morgan fingerprint density at radius 3 is 0.833 bits per heavy atom. The number of nitro benzene ring substituents is 2. The van der Waals surface area contributed by atoms with E-state index in [0.717, 1.165) is 77.0 Å². The van der Waals surface area contributed by atoms with Crippen LogP contribution in [0.1, 0.15) is 149 Å². The summed E-state index contributed by atoms with van der Waals surface area (Å²) >= 11 is 0. The van der Waals surface area contributed by atoms with Gasteiger partial charge in [0.2, 0.25) is 0 Å². The number of nitro groups is 2. The van der Waals surface area contributed by atoms with E-state index in [4.69, 9.17) is 18.9 Å². The maximum atomic E-state index is 12.6. The first-order valence-corrected chi connectivity index (χ1v) is 21.9. The van der Waals surface area contributed by atoms with Crippen LogP contribution in [-0.4, -0.2) is 46.5 Å². The Morgan fingerprint density at radius 1 is 0.417 bits per heavy atom. The van der Waals surface area contributed by atoms with Crippen LogP contribution in [0.3, 0.4) is 0 Å². The largest absolute Gasteiger partial charge is 0.508 e. The van der Waals surface area contributed by atoms with Gasteiger partial charge in [0.1, 0.15) is 34.5 Å². The first kappa shape index (κ1) is 45.6. The van der Waals surface area contributed by atoms with Gasteiger partial charge in [-0.2, -0.15) is 0 Å². The fourth-order valence-corrected chi connectivity index (χ4v) is 7.87. The minimum absolute atomic E-state index is 0.0375. The Kier molecular flexibility index (Phi) is 17.3. The van der Waals surface area contributed by atoms with E-state index < -0.39 is 9.85 Å². The summed E-state index contributed by atoms with van der Waals surface area (Å²) in [7, 11) is 0. The molecule has 4 aromatic rings. The summed E-state index contributed by atoms with van der Waals surface area (Å²) in [6.45, 7) is 9.98. The normalized spacial score (nSPS) is 12.2. The van der Waals surface area contributed by atoms with Crippen molar-refractivity contribution >= 4 is 11.4 Å². The predicted molar refractivity (Wildman–Crippen MR) is 234 cm³/mol. The van der Waals surface area contributed by atoms with Crippen molar-refractivity contribution in [1.29, 1.82) is 0 Å². The Hall–Kier alpha value is -5.52. The second kappa shape index (κ2) is 22.7. The molecular formula is C48H62N2O10. The lowest BCUT2D eigenvalue weighted by atomic mass is 9.90. The molecule has 12 heteroatoms. The van der Waals surface area contributed by atoms with E-state index in [1.54, 1.807) is 24.3 Å². The van der Waals surface area contributed by atoms with E-state index in [9.17, 15) is 30.4 Å². The van der Waals surface area contributed by atoms with Gasteiger partial charge >= 0.3 is 0 Å². The molecule has 4 aromatic carbocycles. The molecule has 1 aliphatic rings. The standard InChI is InChI=1S/C48H62N2O10/c1-5-9-13-17-57-45-33-21-37-29-43(51)31-39(47(37)59-19-15-11-7-3)23-35-27-42(50(55)56)28-36(46(35)58-18-14-10-6-2)24-40-32-44(52)30-38(48(40)60-20-16-12-8-4)22-34(45)26-41(25-33)49(53)54/h25-32,51-52H,5-24H2,1-4H3. The third-order valence-corrected chi connectivity index (χ3v) is 10.8. The highest BCUT2D eigenvalue weighted by Gasteiger charge is 2.27. The molecule has 0 saturated heterocycles. The number of nitrogens with zero attached hydrogens (tertiary/aromatic N) is 2. The van der Waals surface area contributed by atoms with Crippen LogP contribution in [0.15, 0.2) is 48.5 Å². The molecule has 0 unspecified atom stereocenters. The fraction of sp³-hybridized carbons (Fsp3) is 0.500. The van der Waals surface area contributed by atoms with E-state index in [0.29, 0.717) is 93.9 Å². The van der Waals surface area contributed by atoms with Crippen molar-refractivity contribution in [3.05, 3.63) is 113 Å². The highest BCUT2D eigenvalue weighted by atomic mass is 16.6. The SMILES string of the molecule is CCCCCOc1c2cc(O)cc1Cc1cc([N+](=O)[O-])cc(c1OCCCCC)Cc1cc(O)cc(c1OCCCCC)Cc1cc([N+](=O)[O-])cc(c1OCCCCC)C2. The van der Waals surface area contributed by atoms with Crippen molar-refractivity contribution in [2.75, 3.05) is 26.4 Å². The van der Waals surface area contributed by atoms with E-state index in [1.807, 2.05) is 0 Å². The molecule has 0 heterocycles. The second-order valence-corrected chi connectivity index (χ2v) is 15.8. The van der Waals surface area contributed by atoms with Gasteiger partial charge in [0.05, 0.1) is 36.3 Å². The Morgan fingerprint density at radius 2 is 0.633 bits per heavy atom. The van der Waals surface area contributed by atoms with Gasteiger partial charge in [-0.15, -0.1) is 0 Å². The molecule has 12 nitrogen and oxygen atoms in total. The van der Waals surface area contributed by atoms with Gasteiger partial charge in [-0.05, 0) is 49.9 Å². The lowest BCUT2D eigenvalue weighted by Gasteiger charge is -2.23. The highest BCUT2D eigenvalue weighted by molar-refractivity contribution is 5.61. The number of rotatable bonds is 22. The number of phenols is 2. The quantitative estimate of drug-likeness (QED) is 0.0390. The minimum Gasteiger partial charge on any atom is -0.508 e. The molecule has 0 aromatic heterocycles. The van der Waals surface area contributed by atoms with Crippen molar-refractivity contribution in [1.82, 2.24) is 0 Å². The van der Waals surface area contributed by atoms with Crippen LogP contribution in [0.2, 0.25) is 0 Å². The molecule has 8 bridgehead atoms. The van der Waals surface area contributed by atoms with E-state index in [-0.39, 0.29) is 48.6 Å². The molecule has 0 atom stereocenters. The molecule has 5 rings (SSSR count). The van der Waals surface area contributed by atoms with E-state index in [1.165, 1.54) is 24.3 Å². The number of phenolic OH excluding ortho intramolecular Hbond substituents is 2. The van der Waals surface area contributed by atoms with E-state index in [2.05, 4.69) is 27.7 Å². The van der Waals surface area contributed by atoms with Crippen LogP contribution in [-0.2, 0) is 25.7 Å². The molecule has 0 amide bonds. The van der Waals surface area contributed by atoms with Gasteiger partial charge in [-0.1, -0.05) is 79.1 Å². The molecule has 0 saturated carbocycles. The lowest BCUT2D eigenvalue weighted by Crippen LogP contribution is -2.11. The Bertz CT molecular complexity index is 1840. The molecule has 1 aliphatic carbocycles. The fourth-order valence-electron chi connectivity index (χ4n) is 7.87. The number of benzene rings is 4. The zero-order valence-electron chi connectivity index (χ0n) is 35.8. The van der Waals surface area contributed by atoms with Crippen molar-refractivity contribution in [3.8, 4) is 34.5 Å². The van der Waals surface area contributed by atoms with Crippen LogP contribution in [0.5, 0.6) is 34.5 Å². The maximum absolute atomic E-state index is 12.6. The van der Waals surface area contributed by atoms with Crippen LogP contribution in [0.4, 0.5) is 11.4 Å². The number of ether oxygens (including phenoxy) is 4. The zero-order chi connectivity index (χ0) is 43.0. The van der Waals surface area contributed by atoms with Gasteiger partial charge in [-0.25, -0.2) is 0 Å². The van der Waals surface area contributed by atoms with Gasteiger partial charge in [0.25, 0.3) is 11.4 Å². The Labute approximate surface area is 354 Å². The van der Waals surface area contributed by atoms with Crippen molar-refractivity contribution in [2.45, 2.75) is 130 Å². The molecule has 0 spiro atoms. The molecular weight excluding hydrogens is 765 g/mol. The van der Waals surface area contributed by atoms with Gasteiger partial charge in [-0.3, -0.25) is 20.2 Å². The van der Waals surface area contributed by atoms with Crippen molar-refractivity contribution < 1.29 is 39.0 Å². The number of hydrogen-bond donors (Lipinski definition) is 2. The van der Waals surface area contributed by atoms with Gasteiger partial charge < -0.3 is 29.2 Å². The molecule has 0 fully saturated rings. The summed E-state index contributed by atoms with van der Waals surface area (Å²) in [6, 6.07) is 12.6. The second-order valence-electron chi connectivity index (χ2n) is 15.8. The van der Waals surface area contributed by atoms with Crippen LogP contribution in [0, 0.1) is 20.2 Å². The average Bonchev–Trinajstić information content (AvgIpc) is 3.20. The number of hydrogen-bond acceptors (Lipinski definition) is 10. The third kappa shape index (κ3) is 12.3. The topological polar surface area (TPSA) is 164 Å². The van der Waals surface area contributed by atoms with Gasteiger partial charge in [0.15, 0.2) is 0 Å². The molecule has 0 radical (unpaired) electrons. The van der Waals surface area contributed by atoms with Crippen molar-refractivity contribution in [2.24, 2.45) is 0 Å². The number of unbranched alkanes of at least 4 members (excludes halogenated alkanes) is 8. The summed E-state index contributed by atoms with van der Waals surface area (Å²) in [5.74, 6) is 1.92. The van der Waals surface area contributed by atoms with Crippen LogP contribution < -0.4 is 18.9 Å². The third-order valence-electron chi connectivity index (χ3n) is 10.8.